The van der Waals surface area contributed by atoms with Crippen LogP contribution in [0, 0.1) is 0 Å². The first-order chi connectivity index (χ1) is 17.6. The highest BCUT2D eigenvalue weighted by Crippen LogP contribution is 2.33. The Morgan fingerprint density at radius 1 is 1.03 bits per heavy atom. The van der Waals surface area contributed by atoms with Gasteiger partial charge in [0.1, 0.15) is 5.01 Å². The van der Waals surface area contributed by atoms with Crippen LogP contribution in [0.4, 0.5) is 24.5 Å². The van der Waals surface area contributed by atoms with E-state index >= 15 is 0 Å². The van der Waals surface area contributed by atoms with Gasteiger partial charge in [0.2, 0.25) is 5.91 Å². The zero-order chi connectivity index (χ0) is 26.6. The molecule has 37 heavy (non-hydrogen) atoms. The molecule has 0 saturated carbocycles. The number of alkyl halides is 3. The number of carbonyl (C=O) groups excluding carboxylic acids is 1. The molecule has 1 N–H and O–H groups in total. The summed E-state index contributed by atoms with van der Waals surface area (Å²) in [5.74, 6) is -0.432. The van der Waals surface area contributed by atoms with E-state index in [1.165, 1.54) is 54.8 Å². The average Bonchev–Trinajstić information content (AvgIpc) is 3.42. The van der Waals surface area contributed by atoms with Gasteiger partial charge < -0.3 is 5.32 Å². The van der Waals surface area contributed by atoms with E-state index in [1.807, 2.05) is 17.5 Å². The van der Waals surface area contributed by atoms with E-state index < -0.39 is 27.7 Å². The van der Waals surface area contributed by atoms with E-state index in [1.54, 1.807) is 24.4 Å². The number of aromatic nitrogens is 1. The standard InChI is InChI=1S/C26H20F3N3O3S2/c1-32(20-8-5-7-19(17-20)26(27,28)29)37(34,35)21-9-4-6-18(16-21)12-13-24(33)31-23-11-3-2-10-22(23)25-30-14-15-36-25/h2-17H,1H3,(H,31,33)/b13-12+. The Kier molecular flexibility index (Phi) is 7.46. The summed E-state index contributed by atoms with van der Waals surface area (Å²) in [6.45, 7) is 0. The quantitative estimate of drug-likeness (QED) is 0.277. The molecule has 1 heterocycles. The van der Waals surface area contributed by atoms with Crippen molar-refractivity contribution in [3.8, 4) is 10.6 Å². The van der Waals surface area contributed by atoms with Gasteiger partial charge >= 0.3 is 6.18 Å². The predicted octanol–water partition coefficient (Wildman–Crippen LogP) is 6.31. The zero-order valence-corrected chi connectivity index (χ0v) is 20.9. The van der Waals surface area contributed by atoms with Gasteiger partial charge in [0.15, 0.2) is 0 Å². The number of amides is 1. The number of halogens is 3. The maximum Gasteiger partial charge on any atom is 0.416 e. The van der Waals surface area contributed by atoms with E-state index in [0.29, 0.717) is 11.3 Å². The highest BCUT2D eigenvalue weighted by atomic mass is 32.2. The van der Waals surface area contributed by atoms with Crippen LogP contribution in [0.5, 0.6) is 0 Å². The third kappa shape index (κ3) is 6.07. The minimum Gasteiger partial charge on any atom is -0.322 e. The summed E-state index contributed by atoms with van der Waals surface area (Å²) < 4.78 is 66.2. The summed E-state index contributed by atoms with van der Waals surface area (Å²) in [6, 6.07) is 17.1. The zero-order valence-electron chi connectivity index (χ0n) is 19.3. The largest absolute Gasteiger partial charge is 0.416 e. The van der Waals surface area contributed by atoms with E-state index in [4.69, 9.17) is 0 Å². The molecule has 0 saturated heterocycles. The number of rotatable bonds is 7. The number of nitrogens with zero attached hydrogens (tertiary/aromatic N) is 2. The van der Waals surface area contributed by atoms with Gasteiger partial charge in [-0.15, -0.1) is 11.3 Å². The molecule has 11 heteroatoms. The molecule has 190 valence electrons. The number of anilines is 2. The van der Waals surface area contributed by atoms with Crippen LogP contribution in [0.25, 0.3) is 16.6 Å². The second-order valence-electron chi connectivity index (χ2n) is 7.80. The van der Waals surface area contributed by atoms with Gasteiger partial charge in [0, 0.05) is 30.3 Å². The minimum absolute atomic E-state index is 0.131. The molecule has 6 nitrogen and oxygen atoms in total. The predicted molar refractivity (Wildman–Crippen MR) is 139 cm³/mol. The van der Waals surface area contributed by atoms with Crippen molar-refractivity contribution in [2.45, 2.75) is 11.1 Å². The second kappa shape index (κ2) is 10.6. The first kappa shape index (κ1) is 26.1. The van der Waals surface area contributed by atoms with Crippen molar-refractivity contribution in [2.75, 3.05) is 16.7 Å². The van der Waals surface area contributed by atoms with Crippen molar-refractivity contribution in [3.63, 3.8) is 0 Å². The van der Waals surface area contributed by atoms with Gasteiger partial charge in [-0.1, -0.05) is 30.3 Å². The molecule has 0 aliphatic heterocycles. The third-order valence-electron chi connectivity index (χ3n) is 5.33. The topological polar surface area (TPSA) is 79.4 Å². The van der Waals surface area contributed by atoms with Gasteiger partial charge in [0.05, 0.1) is 21.8 Å². The summed E-state index contributed by atoms with van der Waals surface area (Å²) >= 11 is 1.44. The summed E-state index contributed by atoms with van der Waals surface area (Å²) in [6.07, 6.45) is -0.220. The van der Waals surface area contributed by atoms with Crippen LogP contribution < -0.4 is 9.62 Å². The Morgan fingerprint density at radius 3 is 2.51 bits per heavy atom. The van der Waals surface area contributed by atoms with Gasteiger partial charge in [-0.3, -0.25) is 9.10 Å². The summed E-state index contributed by atoms with van der Waals surface area (Å²) in [4.78, 5) is 16.7. The summed E-state index contributed by atoms with van der Waals surface area (Å²) in [5, 5.41) is 5.38. The molecule has 1 aromatic heterocycles. The van der Waals surface area contributed by atoms with Crippen molar-refractivity contribution in [3.05, 3.63) is 102 Å². The minimum atomic E-state index is -4.60. The number of nitrogens with one attached hydrogen (secondary N) is 1. The average molecular weight is 544 g/mol. The normalized spacial score (nSPS) is 12.0. The van der Waals surface area contributed by atoms with Crippen LogP contribution in [0.3, 0.4) is 0 Å². The number of thiazole rings is 1. The molecule has 0 atom stereocenters. The second-order valence-corrected chi connectivity index (χ2v) is 10.7. The lowest BCUT2D eigenvalue weighted by molar-refractivity contribution is -0.137. The molecule has 0 spiro atoms. The van der Waals surface area contributed by atoms with E-state index in [0.717, 1.165) is 33.1 Å². The fraction of sp³-hybridized carbons (Fsp3) is 0.0769. The Labute approximate surface area is 215 Å². The number of sulfonamides is 1. The smallest absolute Gasteiger partial charge is 0.322 e. The SMILES string of the molecule is CN(c1cccc(C(F)(F)F)c1)S(=O)(=O)c1cccc(/C=C/C(=O)Nc2ccccc2-c2nccs2)c1. The molecule has 1 amide bonds. The molecule has 4 aromatic rings. The van der Waals surface area contributed by atoms with Gasteiger partial charge in [-0.05, 0) is 54.1 Å². The molecule has 0 aliphatic carbocycles. The molecule has 0 radical (unpaired) electrons. The Hall–Kier alpha value is -3.96. The molecule has 3 aromatic carbocycles. The fourth-order valence-corrected chi connectivity index (χ4v) is 5.36. The summed E-state index contributed by atoms with van der Waals surface area (Å²) in [5.41, 5.74) is 0.679. The Bertz CT molecular complexity index is 1550. The monoisotopic (exact) mass is 543 g/mol. The molecule has 0 aliphatic rings. The maximum absolute atomic E-state index is 13.1. The Morgan fingerprint density at radius 2 is 1.78 bits per heavy atom. The van der Waals surface area contributed by atoms with Crippen molar-refractivity contribution >= 4 is 44.7 Å². The van der Waals surface area contributed by atoms with Crippen LogP contribution >= 0.6 is 11.3 Å². The van der Waals surface area contributed by atoms with Crippen molar-refractivity contribution in [2.24, 2.45) is 0 Å². The van der Waals surface area contributed by atoms with Crippen LogP contribution in [-0.2, 0) is 21.0 Å². The number of hydrogen-bond donors (Lipinski definition) is 1. The Balaban J connectivity index is 1.52. The molecular weight excluding hydrogens is 523 g/mol. The van der Waals surface area contributed by atoms with E-state index in [2.05, 4.69) is 10.3 Å². The highest BCUT2D eigenvalue weighted by Gasteiger charge is 2.31. The number of carbonyl (C=O) groups is 1. The number of hydrogen-bond acceptors (Lipinski definition) is 5. The summed E-state index contributed by atoms with van der Waals surface area (Å²) in [7, 11) is -2.99. The van der Waals surface area contributed by atoms with Crippen LogP contribution in [0.1, 0.15) is 11.1 Å². The number of para-hydroxylation sites is 1. The maximum atomic E-state index is 13.1. The van der Waals surface area contributed by atoms with Crippen LogP contribution in [0.2, 0.25) is 0 Å². The van der Waals surface area contributed by atoms with Crippen LogP contribution in [-0.4, -0.2) is 26.4 Å². The number of benzene rings is 3. The molecular formula is C26H20F3N3O3S2. The molecule has 4 rings (SSSR count). The van der Waals surface area contributed by atoms with E-state index in [-0.39, 0.29) is 10.6 Å². The van der Waals surface area contributed by atoms with Crippen LogP contribution in [0.15, 0.2) is 95.3 Å². The third-order valence-corrected chi connectivity index (χ3v) is 7.92. The van der Waals surface area contributed by atoms with Gasteiger partial charge in [-0.2, -0.15) is 13.2 Å². The van der Waals surface area contributed by atoms with Gasteiger partial charge in [-0.25, -0.2) is 13.4 Å². The highest BCUT2D eigenvalue weighted by molar-refractivity contribution is 7.92. The van der Waals surface area contributed by atoms with Crippen molar-refractivity contribution in [1.82, 2.24) is 4.98 Å². The lowest BCUT2D eigenvalue weighted by Gasteiger charge is -2.21. The lowest BCUT2D eigenvalue weighted by atomic mass is 10.2. The van der Waals surface area contributed by atoms with Crippen molar-refractivity contribution < 1.29 is 26.4 Å². The van der Waals surface area contributed by atoms with E-state index in [9.17, 15) is 26.4 Å². The molecule has 0 bridgehead atoms. The van der Waals surface area contributed by atoms with Crippen molar-refractivity contribution in [1.29, 1.82) is 0 Å². The lowest BCUT2D eigenvalue weighted by Crippen LogP contribution is -2.27. The molecule has 0 unspecified atom stereocenters. The first-order valence-corrected chi connectivity index (χ1v) is 13.1. The fourth-order valence-electron chi connectivity index (χ4n) is 3.44. The molecule has 0 fully saturated rings. The first-order valence-electron chi connectivity index (χ1n) is 10.8. The van der Waals surface area contributed by atoms with Gasteiger partial charge in [0.25, 0.3) is 10.0 Å².